The zero-order valence-corrected chi connectivity index (χ0v) is 23.8. The number of hydrogen-bond acceptors (Lipinski definition) is 4. The summed E-state index contributed by atoms with van der Waals surface area (Å²) in [6, 6.07) is 21.7. The zero-order chi connectivity index (χ0) is 25.9. The molecule has 0 unspecified atom stereocenters. The molecule has 2 fully saturated rings. The van der Waals surface area contributed by atoms with Crippen LogP contribution < -0.4 is 10.4 Å². The Hall–Kier alpha value is -1.76. The second-order valence-corrected chi connectivity index (χ2v) is 16.3. The van der Waals surface area contributed by atoms with Gasteiger partial charge in [0.1, 0.15) is 0 Å². The summed E-state index contributed by atoms with van der Waals surface area (Å²) < 4.78 is 26.5. The van der Waals surface area contributed by atoms with E-state index in [-0.39, 0.29) is 17.2 Å². The molecule has 3 atom stereocenters. The molecule has 5 heteroatoms. The summed E-state index contributed by atoms with van der Waals surface area (Å²) in [6.45, 7) is 16.0. The van der Waals surface area contributed by atoms with Crippen LogP contribution in [0.5, 0.6) is 0 Å². The van der Waals surface area contributed by atoms with Gasteiger partial charge in [-0.3, -0.25) is 0 Å². The van der Waals surface area contributed by atoms with Crippen molar-refractivity contribution < 1.29 is 18.6 Å². The lowest BCUT2D eigenvalue weighted by Crippen LogP contribution is -2.68. The Labute approximate surface area is 219 Å². The molecule has 196 valence electrons. The molecule has 0 spiro atoms. The predicted molar refractivity (Wildman–Crippen MR) is 149 cm³/mol. The third-order valence-electron chi connectivity index (χ3n) is 7.64. The average Bonchev–Trinajstić information content (AvgIpc) is 3.18. The monoisotopic (exact) mass is 508 g/mol. The van der Waals surface area contributed by atoms with Crippen molar-refractivity contribution in [2.45, 2.75) is 95.4 Å². The Balaban J connectivity index is 1.72. The van der Waals surface area contributed by atoms with Gasteiger partial charge in [0.2, 0.25) is 0 Å². The molecule has 2 heterocycles. The van der Waals surface area contributed by atoms with E-state index >= 15 is 0 Å². The van der Waals surface area contributed by atoms with Crippen LogP contribution in [0.1, 0.15) is 66.7 Å². The van der Waals surface area contributed by atoms with Crippen LogP contribution in [0.2, 0.25) is 5.04 Å². The maximum atomic E-state index is 7.39. The van der Waals surface area contributed by atoms with Crippen LogP contribution in [-0.2, 0) is 18.6 Å². The molecule has 0 bridgehead atoms. The molecule has 0 N–H and O–H groups in total. The molecular weight excluding hydrogens is 464 g/mol. The third-order valence-corrected chi connectivity index (χ3v) is 12.6. The molecule has 0 amide bonds. The first kappa shape index (κ1) is 27.3. The van der Waals surface area contributed by atoms with Gasteiger partial charge in [0.25, 0.3) is 8.32 Å². The quantitative estimate of drug-likeness (QED) is 0.308. The van der Waals surface area contributed by atoms with Gasteiger partial charge in [-0.1, -0.05) is 87.5 Å². The Bertz CT molecular complexity index is 945. The maximum absolute atomic E-state index is 7.39. The fraction of sp³-hybridized carbons (Fsp3) is 0.548. The fourth-order valence-electron chi connectivity index (χ4n) is 6.07. The van der Waals surface area contributed by atoms with Crippen molar-refractivity contribution in [1.82, 2.24) is 0 Å². The largest absolute Gasteiger partial charge is 0.404 e. The number of hydrogen-bond donors (Lipinski definition) is 0. The summed E-state index contributed by atoms with van der Waals surface area (Å²) in [7, 11) is -2.68. The van der Waals surface area contributed by atoms with Crippen molar-refractivity contribution >= 4 is 18.7 Å². The molecule has 0 radical (unpaired) electrons. The molecule has 2 saturated heterocycles. The lowest BCUT2D eigenvalue weighted by atomic mass is 9.86. The van der Waals surface area contributed by atoms with Gasteiger partial charge in [0.15, 0.2) is 5.79 Å². The van der Waals surface area contributed by atoms with E-state index < -0.39 is 19.7 Å². The highest BCUT2D eigenvalue weighted by Crippen LogP contribution is 2.41. The fourth-order valence-corrected chi connectivity index (χ4v) is 10.7. The highest BCUT2D eigenvalue weighted by molar-refractivity contribution is 6.99. The number of rotatable bonds is 9. The van der Waals surface area contributed by atoms with Crippen molar-refractivity contribution in [2.24, 2.45) is 0 Å². The molecule has 0 saturated carbocycles. The molecule has 4 rings (SSSR count). The van der Waals surface area contributed by atoms with E-state index in [0.717, 1.165) is 32.1 Å². The van der Waals surface area contributed by atoms with Crippen LogP contribution in [0.25, 0.3) is 0 Å². The number of benzene rings is 2. The van der Waals surface area contributed by atoms with E-state index in [1.54, 1.807) is 0 Å². The van der Waals surface area contributed by atoms with E-state index in [1.807, 2.05) is 19.9 Å². The van der Waals surface area contributed by atoms with Gasteiger partial charge in [0, 0.05) is 6.42 Å². The van der Waals surface area contributed by atoms with Crippen molar-refractivity contribution in [3.8, 4) is 0 Å². The van der Waals surface area contributed by atoms with Gasteiger partial charge in [-0.2, -0.15) is 0 Å². The number of ether oxygens (including phenoxy) is 3. The van der Waals surface area contributed by atoms with E-state index in [2.05, 4.69) is 88.0 Å². The van der Waals surface area contributed by atoms with Crippen molar-refractivity contribution in [1.29, 1.82) is 0 Å². The van der Waals surface area contributed by atoms with Crippen LogP contribution in [0.3, 0.4) is 0 Å². The topological polar surface area (TPSA) is 36.9 Å². The van der Waals surface area contributed by atoms with Crippen LogP contribution in [0.4, 0.5) is 0 Å². The van der Waals surface area contributed by atoms with Crippen LogP contribution >= 0.6 is 0 Å². The highest BCUT2D eigenvalue weighted by atomic mass is 28.4. The summed E-state index contributed by atoms with van der Waals surface area (Å²) in [4.78, 5) is 0. The van der Waals surface area contributed by atoms with E-state index in [0.29, 0.717) is 13.2 Å². The molecule has 2 aliphatic rings. The van der Waals surface area contributed by atoms with Crippen molar-refractivity contribution in [3.63, 3.8) is 0 Å². The maximum Gasteiger partial charge on any atom is 0.261 e. The Morgan fingerprint density at radius 3 is 2.08 bits per heavy atom. The second kappa shape index (κ2) is 10.9. The van der Waals surface area contributed by atoms with Gasteiger partial charge in [0.05, 0.1) is 31.0 Å². The molecule has 4 nitrogen and oxygen atoms in total. The molecule has 0 aromatic heterocycles. The second-order valence-electron chi connectivity index (χ2n) is 11.9. The van der Waals surface area contributed by atoms with Gasteiger partial charge < -0.3 is 18.6 Å². The van der Waals surface area contributed by atoms with E-state index in [9.17, 15) is 0 Å². The Morgan fingerprint density at radius 1 is 0.972 bits per heavy atom. The first-order chi connectivity index (χ1) is 17.1. The lowest BCUT2D eigenvalue weighted by molar-refractivity contribution is -0.178. The predicted octanol–water partition coefficient (Wildman–Crippen LogP) is 5.99. The minimum Gasteiger partial charge on any atom is -0.404 e. The smallest absolute Gasteiger partial charge is 0.261 e. The standard InChI is InChI=1S/C31H44O4Si/c1-7-15-25-16-14-21-31(35-25,22-26-23-32-30(5,6)34-26)24-33-36(29(2,3)4,27-17-10-8-11-18-27)28-19-12-9-13-20-28/h7-13,17-20,25-26H,1,14-16,21-24H2,2-6H3/t25-,26+,31-/m0/s1. The van der Waals surface area contributed by atoms with Crippen LogP contribution in [0, 0.1) is 0 Å². The molecule has 2 aromatic rings. The Morgan fingerprint density at radius 2 is 1.58 bits per heavy atom. The molecule has 0 aliphatic carbocycles. The average molecular weight is 509 g/mol. The normalized spacial score (nSPS) is 26.6. The lowest BCUT2D eigenvalue weighted by Gasteiger charge is -2.48. The Kier molecular flexibility index (Phi) is 8.28. The molecule has 2 aliphatic heterocycles. The first-order valence-electron chi connectivity index (χ1n) is 13.4. The summed E-state index contributed by atoms with van der Waals surface area (Å²) >= 11 is 0. The minimum atomic E-state index is -2.68. The summed E-state index contributed by atoms with van der Waals surface area (Å²) in [5.74, 6) is -0.556. The van der Waals surface area contributed by atoms with E-state index in [1.165, 1.54) is 10.4 Å². The van der Waals surface area contributed by atoms with Gasteiger partial charge in [-0.25, -0.2) is 0 Å². The molecule has 36 heavy (non-hydrogen) atoms. The summed E-state index contributed by atoms with van der Waals surface area (Å²) in [6.07, 6.45) is 6.87. The highest BCUT2D eigenvalue weighted by Gasteiger charge is 2.52. The summed E-state index contributed by atoms with van der Waals surface area (Å²) in [5.41, 5.74) is -0.423. The van der Waals surface area contributed by atoms with Crippen molar-refractivity contribution in [3.05, 3.63) is 73.3 Å². The van der Waals surface area contributed by atoms with E-state index in [4.69, 9.17) is 18.6 Å². The van der Waals surface area contributed by atoms with Crippen molar-refractivity contribution in [2.75, 3.05) is 13.2 Å². The molecule has 2 aromatic carbocycles. The minimum absolute atomic E-state index is 0.00904. The van der Waals surface area contributed by atoms with Crippen LogP contribution in [0.15, 0.2) is 73.3 Å². The molecular formula is C31H44O4Si. The van der Waals surface area contributed by atoms with Crippen LogP contribution in [-0.4, -0.2) is 45.1 Å². The zero-order valence-electron chi connectivity index (χ0n) is 22.8. The van der Waals surface area contributed by atoms with Gasteiger partial charge in [-0.05, 0) is 54.9 Å². The first-order valence-corrected chi connectivity index (χ1v) is 15.4. The third kappa shape index (κ3) is 5.86. The summed E-state index contributed by atoms with van der Waals surface area (Å²) in [5, 5.41) is 2.50. The SMILES string of the molecule is C=CC[C@H]1CCC[C@@](CO[Si](c2ccccc2)(c2ccccc2)C(C)(C)C)(C[C@@H]2COC(C)(C)O2)O1. The van der Waals surface area contributed by atoms with Gasteiger partial charge in [-0.15, -0.1) is 6.58 Å². The van der Waals surface area contributed by atoms with Gasteiger partial charge >= 0.3 is 0 Å².